The molecule has 1 N–H and O–H groups in total. The van der Waals surface area contributed by atoms with E-state index in [0.29, 0.717) is 12.5 Å². The van der Waals surface area contributed by atoms with Gasteiger partial charge in [-0.3, -0.25) is 4.72 Å². The molecule has 0 aliphatic heterocycles. The van der Waals surface area contributed by atoms with Gasteiger partial charge in [-0.25, -0.2) is 12.9 Å². The monoisotopic (exact) mass is 504 g/mol. The number of hydrogen-bond acceptors (Lipinski definition) is 5. The maximum Gasteiger partial charge on any atom is 0.750 e. The summed E-state index contributed by atoms with van der Waals surface area (Å²) in [5, 5.41) is -0.538. The van der Waals surface area contributed by atoms with Crippen molar-refractivity contribution in [3.8, 4) is 5.75 Å². The van der Waals surface area contributed by atoms with Crippen molar-refractivity contribution < 1.29 is 35.2 Å². The van der Waals surface area contributed by atoms with Crippen LogP contribution in [0.1, 0.15) is 25.3 Å². The van der Waals surface area contributed by atoms with Gasteiger partial charge in [0.15, 0.2) is 0 Å². The molecule has 2 rings (SSSR count). The van der Waals surface area contributed by atoms with Crippen LogP contribution in [0.25, 0.3) is 0 Å². The second kappa shape index (κ2) is 10.2. The number of anilines is 1. The summed E-state index contributed by atoms with van der Waals surface area (Å²) in [6.45, 7) is 2.08. The van der Waals surface area contributed by atoms with E-state index >= 15 is 0 Å². The summed E-state index contributed by atoms with van der Waals surface area (Å²) in [5.74, 6) is -0.175. The number of alkyl halides is 3. The van der Waals surface area contributed by atoms with Crippen molar-refractivity contribution in [1.29, 1.82) is 0 Å². The minimum atomic E-state index is -4.85. The highest BCUT2D eigenvalue weighted by atomic mass is 35.5. The Balaban J connectivity index is 2.33. The van der Waals surface area contributed by atoms with Crippen LogP contribution in [0.4, 0.5) is 18.9 Å². The number of benzene rings is 2. The van der Waals surface area contributed by atoms with Crippen molar-refractivity contribution in [3.05, 3.63) is 52.0 Å². The van der Waals surface area contributed by atoms with E-state index in [-0.39, 0.29) is 23.1 Å². The maximum absolute atomic E-state index is 13.0. The number of halogens is 5. The van der Waals surface area contributed by atoms with Gasteiger partial charge in [0.25, 0.3) is 10.0 Å². The van der Waals surface area contributed by atoms with Gasteiger partial charge in [0.1, 0.15) is 6.61 Å². The molecule has 0 aliphatic carbocycles. The fourth-order valence-electron chi connectivity index (χ4n) is 2.14. The second-order valence-corrected chi connectivity index (χ2v) is 9.30. The molecule has 0 heterocycles. The molecule has 0 radical (unpaired) electrons. The molecule has 0 spiro atoms. The minimum absolute atomic E-state index is 0.106. The zero-order valence-corrected chi connectivity index (χ0v) is 18.6. The second-order valence-electron chi connectivity index (χ2n) is 5.89. The van der Waals surface area contributed by atoms with Crippen molar-refractivity contribution in [2.75, 3.05) is 11.3 Å². The highest BCUT2D eigenvalue weighted by Gasteiger charge is 2.35. The smallest absolute Gasteiger partial charge is 0.276 e. The number of sulfonamides is 1. The Morgan fingerprint density at radius 2 is 1.83 bits per heavy atom. The first-order chi connectivity index (χ1) is 13.9. The van der Waals surface area contributed by atoms with Crippen LogP contribution in [0, 0.1) is 0 Å². The van der Waals surface area contributed by atoms with Crippen LogP contribution in [0.5, 0.6) is 5.75 Å². The molecule has 0 saturated carbocycles. The van der Waals surface area contributed by atoms with Gasteiger partial charge in [-0.05, 0) is 42.8 Å². The molecular weight excluding hydrogens is 489 g/mol. The fourth-order valence-corrected chi connectivity index (χ4v) is 4.28. The third kappa shape index (κ3) is 6.72. The number of hydrogen-bond donors (Lipinski definition) is 1. The lowest BCUT2D eigenvalue weighted by atomic mass is 10.2. The van der Waals surface area contributed by atoms with E-state index in [1.165, 1.54) is 12.1 Å². The van der Waals surface area contributed by atoms with Gasteiger partial charge in [0.2, 0.25) is 5.75 Å². The molecule has 0 bridgehead atoms. The Hall–Kier alpha value is -1.58. The first kappa shape index (κ1) is 24.7. The first-order valence-electron chi connectivity index (χ1n) is 8.41. The summed E-state index contributed by atoms with van der Waals surface area (Å²) >= 11 is 11.4. The van der Waals surface area contributed by atoms with Gasteiger partial charge in [-0.2, -0.15) is 13.2 Å². The van der Waals surface area contributed by atoms with Crippen LogP contribution in [0.2, 0.25) is 10.0 Å². The number of nitrogens with one attached hydrogen (secondary N) is 1. The van der Waals surface area contributed by atoms with Crippen LogP contribution < -0.4 is 9.25 Å². The van der Waals surface area contributed by atoms with Crippen LogP contribution in [0.3, 0.4) is 0 Å². The zero-order valence-electron chi connectivity index (χ0n) is 15.4. The molecular formula is C17H16Cl2F3NO5PS+. The van der Waals surface area contributed by atoms with Gasteiger partial charge in [-0.1, -0.05) is 36.5 Å². The van der Waals surface area contributed by atoms with Gasteiger partial charge < -0.3 is 0 Å². The molecule has 164 valence electrons. The third-order valence-corrected chi connectivity index (χ3v) is 6.27. The molecule has 2 aromatic carbocycles. The van der Waals surface area contributed by atoms with Crippen LogP contribution in [0.15, 0.2) is 41.3 Å². The molecule has 0 aliphatic rings. The van der Waals surface area contributed by atoms with Crippen LogP contribution in [-0.2, 0) is 25.3 Å². The topological polar surface area (TPSA) is 81.7 Å². The van der Waals surface area contributed by atoms with Crippen molar-refractivity contribution in [1.82, 2.24) is 0 Å². The molecule has 1 atom stereocenters. The molecule has 0 aromatic heterocycles. The van der Waals surface area contributed by atoms with Gasteiger partial charge in [0, 0.05) is 9.59 Å². The van der Waals surface area contributed by atoms with Gasteiger partial charge in [0.05, 0.1) is 21.2 Å². The molecule has 30 heavy (non-hydrogen) atoms. The highest BCUT2D eigenvalue weighted by Crippen LogP contribution is 2.38. The average Bonchev–Trinajstić information content (AvgIpc) is 2.63. The van der Waals surface area contributed by atoms with E-state index in [0.717, 1.165) is 24.6 Å². The van der Waals surface area contributed by atoms with E-state index in [2.05, 4.69) is 4.72 Å². The Morgan fingerprint density at radius 1 is 1.13 bits per heavy atom. The van der Waals surface area contributed by atoms with Crippen molar-refractivity contribution >= 4 is 47.2 Å². The molecule has 2 aromatic rings. The Morgan fingerprint density at radius 3 is 2.47 bits per heavy atom. The lowest BCUT2D eigenvalue weighted by molar-refractivity contribution is -0.137. The average molecular weight is 505 g/mol. The summed E-state index contributed by atoms with van der Waals surface area (Å²) in [6.07, 6.45) is -3.40. The van der Waals surface area contributed by atoms with E-state index in [1.807, 2.05) is 6.92 Å². The molecule has 0 amide bonds. The predicted octanol–water partition coefficient (Wildman–Crippen LogP) is 6.67. The molecule has 13 heteroatoms. The quantitative estimate of drug-likeness (QED) is 0.304. The summed E-state index contributed by atoms with van der Waals surface area (Å²) in [5.41, 5.74) is -1.53. The Bertz CT molecular complexity index is 1030. The van der Waals surface area contributed by atoms with Crippen molar-refractivity contribution in [2.24, 2.45) is 0 Å². The minimum Gasteiger partial charge on any atom is -0.276 e. The Kier molecular flexibility index (Phi) is 8.35. The fraction of sp³-hybridized carbons (Fsp3) is 0.294. The molecule has 0 saturated heterocycles. The zero-order chi connectivity index (χ0) is 22.5. The van der Waals surface area contributed by atoms with Gasteiger partial charge >= 0.3 is 14.4 Å². The van der Waals surface area contributed by atoms with Gasteiger partial charge in [-0.15, -0.1) is 4.52 Å². The summed E-state index contributed by atoms with van der Waals surface area (Å²) in [4.78, 5) is -0.686. The number of rotatable bonds is 9. The van der Waals surface area contributed by atoms with Crippen molar-refractivity contribution in [2.45, 2.75) is 30.8 Å². The SMILES string of the molecule is CCCCO[P+](=O)Oc1ccc(Cl)cc1NS(=O)(=O)c1ccc(Cl)c(C(F)(F)F)c1. The predicted molar refractivity (Wildman–Crippen MR) is 108 cm³/mol. The summed E-state index contributed by atoms with van der Waals surface area (Å²) in [7, 11) is -7.10. The van der Waals surface area contributed by atoms with Crippen LogP contribution >= 0.6 is 31.5 Å². The normalized spacial score (nSPS) is 12.5. The largest absolute Gasteiger partial charge is 0.750 e. The lowest BCUT2D eigenvalue weighted by Gasteiger charge is -2.13. The van der Waals surface area contributed by atoms with E-state index in [1.54, 1.807) is 0 Å². The summed E-state index contributed by atoms with van der Waals surface area (Å²) in [6, 6.07) is 5.91. The van der Waals surface area contributed by atoms with E-state index in [9.17, 15) is 26.2 Å². The molecule has 0 fully saturated rings. The Labute approximate surface area is 182 Å². The summed E-state index contributed by atoms with van der Waals surface area (Å²) < 4.78 is 88.5. The van der Waals surface area contributed by atoms with E-state index < -0.39 is 39.9 Å². The molecule has 6 nitrogen and oxygen atoms in total. The number of unbranched alkanes of at least 4 members (excludes halogenated alkanes) is 1. The standard InChI is InChI=1S/C17H16Cl2F3NO5PS/c1-2-3-8-27-29(24)28-16-7-4-11(18)9-15(16)23-30(25,26)12-5-6-14(19)13(10-12)17(20,21)22/h4-7,9-10,23H,2-3,8H2,1H3/q+1. The van der Waals surface area contributed by atoms with Crippen molar-refractivity contribution in [3.63, 3.8) is 0 Å². The third-order valence-electron chi connectivity index (χ3n) is 3.61. The molecule has 1 unspecified atom stereocenters. The highest BCUT2D eigenvalue weighted by molar-refractivity contribution is 7.92. The first-order valence-corrected chi connectivity index (χ1v) is 11.7. The van der Waals surface area contributed by atoms with E-state index in [4.69, 9.17) is 32.2 Å². The lowest BCUT2D eigenvalue weighted by Crippen LogP contribution is -2.15. The van der Waals surface area contributed by atoms with Crippen LogP contribution in [-0.4, -0.2) is 15.0 Å². The maximum atomic E-state index is 13.0.